The van der Waals surface area contributed by atoms with Gasteiger partial charge in [-0.25, -0.2) is 4.84 Å². The molecule has 2 nitrogen and oxygen atoms in total. The third kappa shape index (κ3) is 3.72. The van der Waals surface area contributed by atoms with Gasteiger partial charge in [0.05, 0.1) is 0 Å². The van der Waals surface area contributed by atoms with Crippen molar-refractivity contribution in [1.29, 1.82) is 0 Å². The molecule has 0 N–H and O–H groups in total. The quantitative estimate of drug-likeness (QED) is 0.394. The van der Waals surface area contributed by atoms with Gasteiger partial charge in [-0.3, -0.25) is 0 Å². The molecule has 0 amide bonds. The number of nitrogens with zero attached hydrogens (tertiary/aromatic N) is 1. The van der Waals surface area contributed by atoms with E-state index >= 15 is 0 Å². The molecule has 0 aliphatic heterocycles. The van der Waals surface area contributed by atoms with Gasteiger partial charge in [-0.15, -0.1) is 0 Å². The molecule has 0 bridgehead atoms. The molecular weight excluding hydrogens is 199 g/mol. The van der Waals surface area contributed by atoms with Crippen LogP contribution >= 0.6 is 0 Å². The van der Waals surface area contributed by atoms with Crippen molar-refractivity contribution in [3.8, 4) is 0 Å². The second-order valence-corrected chi connectivity index (χ2v) is 1.44. The van der Waals surface area contributed by atoms with Crippen molar-refractivity contribution in [2.45, 2.75) is 19.5 Å². The minimum atomic E-state index is -5.65. The van der Waals surface area contributed by atoms with Crippen molar-refractivity contribution >= 4 is 0 Å². The van der Waals surface area contributed by atoms with E-state index < -0.39 is 24.5 Å². The Balaban J connectivity index is 4.25. The summed E-state index contributed by atoms with van der Waals surface area (Å²) in [5.41, 5.74) is 0. The van der Waals surface area contributed by atoms with Crippen LogP contribution < -0.4 is 0 Å². The van der Waals surface area contributed by atoms with Crippen LogP contribution in [0.15, 0.2) is 0 Å². The van der Waals surface area contributed by atoms with E-state index in [0.29, 0.717) is 0 Å². The maximum Gasteiger partial charge on any atom is 0.488 e. The lowest BCUT2D eigenvalue weighted by atomic mass is 11.0. The second kappa shape index (κ2) is 3.90. The highest BCUT2D eigenvalue weighted by Gasteiger charge is 2.46. The first-order valence-corrected chi connectivity index (χ1v) is 2.34. The smallest absolute Gasteiger partial charge is 0.219 e. The van der Waals surface area contributed by atoms with Gasteiger partial charge in [-0.2, -0.15) is 30.7 Å². The molecule has 0 fully saturated rings. The Bertz CT molecular complexity index is 133. The molecule has 0 unspecified atom stereocenters. The Morgan fingerprint density at radius 3 is 1.50 bits per heavy atom. The van der Waals surface area contributed by atoms with Crippen molar-refractivity contribution in [3.63, 3.8) is 0 Å². The number of alkyl halides is 7. The Labute approximate surface area is 61.5 Å². The standard InChI is InChI=1S/C3H2F7NO/c4-1(5)11(3(8,9)10)12-2(6)7/h1-2H. The largest absolute Gasteiger partial charge is 0.488 e. The summed E-state index contributed by atoms with van der Waals surface area (Å²) in [6.45, 7) is -8.13. The van der Waals surface area contributed by atoms with Crippen LogP contribution in [-0.4, -0.2) is 24.5 Å². The van der Waals surface area contributed by atoms with Gasteiger partial charge in [-0.1, -0.05) is 0 Å². The molecule has 0 saturated heterocycles. The Morgan fingerprint density at radius 2 is 1.42 bits per heavy atom. The third-order valence-corrected chi connectivity index (χ3v) is 0.620. The van der Waals surface area contributed by atoms with Crippen LogP contribution in [0.3, 0.4) is 0 Å². The highest BCUT2D eigenvalue weighted by Crippen LogP contribution is 2.26. The van der Waals surface area contributed by atoms with Gasteiger partial charge in [0.15, 0.2) is 0 Å². The van der Waals surface area contributed by atoms with E-state index in [9.17, 15) is 30.7 Å². The first-order chi connectivity index (χ1) is 5.25. The zero-order chi connectivity index (χ0) is 9.94. The van der Waals surface area contributed by atoms with Crippen LogP contribution in [0.5, 0.6) is 0 Å². The van der Waals surface area contributed by atoms with Crippen LogP contribution in [0.25, 0.3) is 0 Å². The predicted molar refractivity (Wildman–Crippen MR) is 21.0 cm³/mol. The highest BCUT2D eigenvalue weighted by atomic mass is 19.4. The Hall–Kier alpha value is -0.570. The fourth-order valence-electron chi connectivity index (χ4n) is 0.302. The number of hydrogen-bond acceptors (Lipinski definition) is 2. The van der Waals surface area contributed by atoms with E-state index in [1.165, 1.54) is 0 Å². The van der Waals surface area contributed by atoms with E-state index in [1.807, 2.05) is 0 Å². The predicted octanol–water partition coefficient (Wildman–Crippen LogP) is 2.18. The van der Waals surface area contributed by atoms with Crippen LogP contribution in [0.4, 0.5) is 30.7 Å². The zero-order valence-corrected chi connectivity index (χ0v) is 5.16. The average molecular weight is 201 g/mol. The molecule has 12 heavy (non-hydrogen) atoms. The van der Waals surface area contributed by atoms with Gasteiger partial charge in [0, 0.05) is 0 Å². The lowest BCUT2D eigenvalue weighted by Gasteiger charge is -2.21. The molecule has 0 aromatic heterocycles. The average Bonchev–Trinajstić information content (AvgIpc) is 1.79. The van der Waals surface area contributed by atoms with E-state index in [2.05, 4.69) is 4.84 Å². The molecule has 0 aliphatic carbocycles. The number of hydrogen-bond donors (Lipinski definition) is 0. The summed E-state index contributed by atoms with van der Waals surface area (Å²) in [7, 11) is 0. The van der Waals surface area contributed by atoms with E-state index in [4.69, 9.17) is 0 Å². The molecule has 0 heterocycles. The maximum atomic E-state index is 11.3. The highest BCUT2D eigenvalue weighted by molar-refractivity contribution is 4.43. The van der Waals surface area contributed by atoms with Gasteiger partial charge in [0.1, 0.15) is 0 Å². The molecule has 0 aromatic carbocycles. The summed E-state index contributed by atoms with van der Waals surface area (Å²) < 4.78 is 78.7. The molecule has 74 valence electrons. The van der Waals surface area contributed by atoms with Crippen molar-refractivity contribution in [2.24, 2.45) is 0 Å². The molecule has 0 radical (unpaired) electrons. The molecular formula is C3H2F7NO. The summed E-state index contributed by atoms with van der Waals surface area (Å²) in [4.78, 5) is 2.50. The first kappa shape index (κ1) is 11.4. The Morgan fingerprint density at radius 1 is 1.00 bits per heavy atom. The molecule has 9 heteroatoms. The fraction of sp³-hybridized carbons (Fsp3) is 1.00. The van der Waals surface area contributed by atoms with Gasteiger partial charge in [-0.05, 0) is 5.06 Å². The van der Waals surface area contributed by atoms with E-state index in [0.717, 1.165) is 0 Å². The molecule has 0 rings (SSSR count). The molecule has 0 aromatic rings. The Kier molecular flexibility index (Phi) is 3.71. The number of hydroxylamine groups is 2. The van der Waals surface area contributed by atoms with E-state index in [1.54, 1.807) is 0 Å². The van der Waals surface area contributed by atoms with Gasteiger partial charge >= 0.3 is 19.5 Å². The second-order valence-electron chi connectivity index (χ2n) is 1.44. The summed E-state index contributed by atoms with van der Waals surface area (Å²) in [5.74, 6) is 0. The minimum Gasteiger partial charge on any atom is -0.219 e. The van der Waals surface area contributed by atoms with Crippen molar-refractivity contribution in [1.82, 2.24) is 5.06 Å². The summed E-state index contributed by atoms with van der Waals surface area (Å²) in [5, 5.41) is -2.03. The number of halogens is 7. The summed E-state index contributed by atoms with van der Waals surface area (Å²) >= 11 is 0. The normalized spacial score (nSPS) is 13.5. The summed E-state index contributed by atoms with van der Waals surface area (Å²) in [6, 6.07) is 0. The monoisotopic (exact) mass is 201 g/mol. The van der Waals surface area contributed by atoms with Crippen LogP contribution in [0.1, 0.15) is 0 Å². The third-order valence-electron chi connectivity index (χ3n) is 0.620. The molecule has 0 saturated carbocycles. The maximum absolute atomic E-state index is 11.3. The van der Waals surface area contributed by atoms with Crippen LogP contribution in [0.2, 0.25) is 0 Å². The molecule has 0 atom stereocenters. The molecule has 0 spiro atoms. The van der Waals surface area contributed by atoms with Gasteiger partial charge in [0.2, 0.25) is 0 Å². The zero-order valence-electron chi connectivity index (χ0n) is 5.16. The molecule has 0 aliphatic rings. The van der Waals surface area contributed by atoms with Crippen molar-refractivity contribution in [2.75, 3.05) is 0 Å². The first-order valence-electron chi connectivity index (χ1n) is 2.34. The summed E-state index contributed by atoms with van der Waals surface area (Å²) in [6.07, 6.45) is -5.65. The van der Waals surface area contributed by atoms with Crippen molar-refractivity contribution in [3.05, 3.63) is 0 Å². The SMILES string of the molecule is FC(F)ON(C(F)F)C(F)(F)F. The van der Waals surface area contributed by atoms with E-state index in [-0.39, 0.29) is 0 Å². The lowest BCUT2D eigenvalue weighted by molar-refractivity contribution is -0.455. The lowest BCUT2D eigenvalue weighted by Crippen LogP contribution is -2.42. The van der Waals surface area contributed by atoms with Crippen molar-refractivity contribution < 1.29 is 35.6 Å². The van der Waals surface area contributed by atoms with Crippen LogP contribution in [-0.2, 0) is 4.84 Å². The van der Waals surface area contributed by atoms with Gasteiger partial charge in [0.25, 0.3) is 0 Å². The topological polar surface area (TPSA) is 12.5 Å². The fourth-order valence-corrected chi connectivity index (χ4v) is 0.302. The minimum absolute atomic E-state index is 2.03. The van der Waals surface area contributed by atoms with Crippen LogP contribution in [0, 0.1) is 0 Å². The number of rotatable bonds is 3. The van der Waals surface area contributed by atoms with Gasteiger partial charge < -0.3 is 0 Å².